The highest BCUT2D eigenvalue weighted by Gasteiger charge is 2.30. The Morgan fingerprint density at radius 3 is 3.15 bits per heavy atom. The molecule has 2 heterocycles. The molecule has 0 amide bonds. The number of rotatable bonds is 3. The predicted octanol–water partition coefficient (Wildman–Crippen LogP) is 3.31. The molecule has 1 aliphatic rings. The summed E-state index contributed by atoms with van der Waals surface area (Å²) in [7, 11) is 0. The third-order valence-corrected chi connectivity index (χ3v) is 4.27. The molecule has 0 saturated heterocycles. The molecule has 0 bridgehead atoms. The first kappa shape index (κ1) is 13.1. The molecule has 0 fully saturated rings. The normalized spacial score (nSPS) is 18.8. The molecule has 0 aliphatic carbocycles. The number of fused-ring (bicyclic) bond motifs is 1. The average molecular weight is 289 g/mol. The summed E-state index contributed by atoms with van der Waals surface area (Å²) in [6, 6.07) is 7.64. The second kappa shape index (κ2) is 5.63. The molecule has 1 aromatic carbocycles. The van der Waals surface area contributed by atoms with E-state index in [1.807, 2.05) is 36.6 Å². The van der Waals surface area contributed by atoms with Crippen LogP contribution >= 0.6 is 11.3 Å². The van der Waals surface area contributed by atoms with Gasteiger partial charge in [0.2, 0.25) is 0 Å². The highest BCUT2D eigenvalue weighted by Crippen LogP contribution is 2.35. The van der Waals surface area contributed by atoms with Gasteiger partial charge in [-0.3, -0.25) is 4.79 Å². The smallest absolute Gasteiger partial charge is 0.314 e. The van der Waals surface area contributed by atoms with Gasteiger partial charge in [0, 0.05) is 17.1 Å². The molecule has 2 atom stereocenters. The van der Waals surface area contributed by atoms with Crippen LogP contribution in [0.15, 0.2) is 35.8 Å². The molecule has 0 saturated carbocycles. The summed E-state index contributed by atoms with van der Waals surface area (Å²) < 4.78 is 11.1. The number of benzene rings is 1. The van der Waals surface area contributed by atoms with Gasteiger partial charge in [0.1, 0.15) is 10.8 Å². The van der Waals surface area contributed by atoms with E-state index < -0.39 is 0 Å². The van der Waals surface area contributed by atoms with Gasteiger partial charge in [0.05, 0.1) is 12.5 Å². The summed E-state index contributed by atoms with van der Waals surface area (Å²) in [5.41, 5.74) is 0.912. The van der Waals surface area contributed by atoms with Crippen molar-refractivity contribution in [2.45, 2.75) is 25.4 Å². The fourth-order valence-corrected chi connectivity index (χ4v) is 2.95. The molecule has 0 unspecified atom stereocenters. The van der Waals surface area contributed by atoms with Gasteiger partial charge in [0.15, 0.2) is 6.10 Å². The van der Waals surface area contributed by atoms with E-state index in [4.69, 9.17) is 9.47 Å². The summed E-state index contributed by atoms with van der Waals surface area (Å²) in [5, 5.41) is 2.70. The van der Waals surface area contributed by atoms with Crippen LogP contribution in [-0.2, 0) is 9.53 Å². The Morgan fingerprint density at radius 1 is 1.50 bits per heavy atom. The van der Waals surface area contributed by atoms with E-state index in [0.29, 0.717) is 13.0 Å². The average Bonchev–Trinajstić information content (AvgIpc) is 3.01. The summed E-state index contributed by atoms with van der Waals surface area (Å²) >= 11 is 1.49. The van der Waals surface area contributed by atoms with Crippen LogP contribution in [0.5, 0.6) is 5.75 Å². The first-order chi connectivity index (χ1) is 9.75. The number of para-hydroxylation sites is 1. The lowest BCUT2D eigenvalue weighted by Crippen LogP contribution is -2.24. The van der Waals surface area contributed by atoms with Gasteiger partial charge >= 0.3 is 5.97 Å². The third kappa shape index (κ3) is 2.54. The fraction of sp³-hybridized carbons (Fsp3) is 0.333. The minimum atomic E-state index is -0.308. The first-order valence-electron chi connectivity index (χ1n) is 6.57. The van der Waals surface area contributed by atoms with Crippen LogP contribution in [-0.4, -0.2) is 17.6 Å². The number of hydrogen-bond donors (Lipinski definition) is 0. The van der Waals surface area contributed by atoms with Crippen molar-refractivity contribution < 1.29 is 14.3 Å². The van der Waals surface area contributed by atoms with E-state index in [-0.39, 0.29) is 18.0 Å². The monoisotopic (exact) mass is 289 g/mol. The van der Waals surface area contributed by atoms with Crippen LogP contribution in [0.3, 0.4) is 0 Å². The van der Waals surface area contributed by atoms with Gasteiger partial charge in [-0.05, 0) is 19.4 Å². The molecule has 5 heteroatoms. The number of ether oxygens (including phenoxy) is 2. The summed E-state index contributed by atoms with van der Waals surface area (Å²) in [5.74, 6) is 0.327. The summed E-state index contributed by atoms with van der Waals surface area (Å²) in [6.07, 6.45) is 2.06. The van der Waals surface area contributed by atoms with E-state index in [2.05, 4.69) is 4.98 Å². The molecule has 0 N–H and O–H groups in total. The molecule has 0 radical (unpaired) electrons. The Bertz CT molecular complexity index is 597. The summed E-state index contributed by atoms with van der Waals surface area (Å²) in [4.78, 5) is 16.5. The molecule has 4 nitrogen and oxygen atoms in total. The van der Waals surface area contributed by atoms with Crippen LogP contribution in [0.2, 0.25) is 0 Å². The van der Waals surface area contributed by atoms with Crippen molar-refractivity contribution in [2.24, 2.45) is 0 Å². The summed E-state index contributed by atoms with van der Waals surface area (Å²) in [6.45, 7) is 2.39. The van der Waals surface area contributed by atoms with Crippen LogP contribution in [0.1, 0.15) is 35.9 Å². The first-order valence-corrected chi connectivity index (χ1v) is 7.45. The molecule has 0 spiro atoms. The Balaban J connectivity index is 1.75. The molecule has 1 aliphatic heterocycles. The zero-order chi connectivity index (χ0) is 13.9. The molecule has 3 rings (SSSR count). The van der Waals surface area contributed by atoms with Crippen LogP contribution in [0.25, 0.3) is 0 Å². The number of carbonyl (C=O) groups is 1. The molecular formula is C15H15NO3S. The maximum Gasteiger partial charge on any atom is 0.314 e. The largest absolute Gasteiger partial charge is 0.493 e. The van der Waals surface area contributed by atoms with Crippen LogP contribution < -0.4 is 4.74 Å². The number of carbonyl (C=O) groups excluding carboxylic acids is 1. The second-order valence-corrected chi connectivity index (χ2v) is 5.60. The molecule has 2 aromatic rings. The number of nitrogens with zero attached hydrogens (tertiary/aromatic N) is 1. The molecule has 1 aromatic heterocycles. The lowest BCUT2D eigenvalue weighted by molar-refractivity contribution is -0.151. The van der Waals surface area contributed by atoms with Crippen molar-refractivity contribution in [3.63, 3.8) is 0 Å². The van der Waals surface area contributed by atoms with Gasteiger partial charge in [-0.2, -0.15) is 0 Å². The van der Waals surface area contributed by atoms with Crippen LogP contribution in [0.4, 0.5) is 0 Å². The SMILES string of the molecule is C[C@H](OC(=O)[C@@H]1CCOc2ccccc21)c1nccs1. The van der Waals surface area contributed by atoms with Gasteiger partial charge in [-0.15, -0.1) is 11.3 Å². The predicted molar refractivity (Wildman–Crippen MR) is 75.9 cm³/mol. The zero-order valence-electron chi connectivity index (χ0n) is 11.1. The van der Waals surface area contributed by atoms with Crippen molar-refractivity contribution in [1.82, 2.24) is 4.98 Å². The minimum absolute atomic E-state index is 0.205. The Kier molecular flexibility index (Phi) is 3.69. The maximum atomic E-state index is 12.4. The van der Waals surface area contributed by atoms with Crippen LogP contribution in [0, 0.1) is 0 Å². The molecule has 20 heavy (non-hydrogen) atoms. The van der Waals surface area contributed by atoms with Crippen molar-refractivity contribution >= 4 is 17.3 Å². The van der Waals surface area contributed by atoms with Gasteiger partial charge in [-0.1, -0.05) is 18.2 Å². The van der Waals surface area contributed by atoms with E-state index in [9.17, 15) is 4.79 Å². The Labute approximate surface area is 121 Å². The Hall–Kier alpha value is -1.88. The van der Waals surface area contributed by atoms with E-state index >= 15 is 0 Å². The highest BCUT2D eigenvalue weighted by molar-refractivity contribution is 7.09. The minimum Gasteiger partial charge on any atom is -0.493 e. The highest BCUT2D eigenvalue weighted by atomic mass is 32.1. The topological polar surface area (TPSA) is 48.4 Å². The molecular weight excluding hydrogens is 274 g/mol. The van der Waals surface area contributed by atoms with E-state index in [0.717, 1.165) is 16.3 Å². The van der Waals surface area contributed by atoms with Gasteiger partial charge < -0.3 is 9.47 Å². The number of hydrogen-bond acceptors (Lipinski definition) is 5. The lowest BCUT2D eigenvalue weighted by Gasteiger charge is -2.25. The standard InChI is InChI=1S/C15H15NO3S/c1-10(14-16-7-9-20-14)19-15(17)12-6-8-18-13-5-3-2-4-11(12)13/h2-5,7,9-10,12H,6,8H2,1H3/t10-,12+/m0/s1. The third-order valence-electron chi connectivity index (χ3n) is 3.34. The number of thiazole rings is 1. The fourth-order valence-electron chi connectivity index (χ4n) is 2.33. The van der Waals surface area contributed by atoms with Gasteiger partial charge in [0.25, 0.3) is 0 Å². The molecule has 104 valence electrons. The Morgan fingerprint density at radius 2 is 2.35 bits per heavy atom. The number of aromatic nitrogens is 1. The van der Waals surface area contributed by atoms with Crippen molar-refractivity contribution in [3.8, 4) is 5.75 Å². The van der Waals surface area contributed by atoms with E-state index in [1.165, 1.54) is 11.3 Å². The second-order valence-electron chi connectivity index (χ2n) is 4.68. The van der Waals surface area contributed by atoms with Crippen molar-refractivity contribution in [2.75, 3.05) is 6.61 Å². The van der Waals surface area contributed by atoms with Crippen molar-refractivity contribution in [1.29, 1.82) is 0 Å². The number of esters is 1. The van der Waals surface area contributed by atoms with Crippen molar-refractivity contribution in [3.05, 3.63) is 46.4 Å². The lowest BCUT2D eigenvalue weighted by atomic mass is 9.93. The van der Waals surface area contributed by atoms with E-state index in [1.54, 1.807) is 6.20 Å². The van der Waals surface area contributed by atoms with Gasteiger partial charge in [-0.25, -0.2) is 4.98 Å². The maximum absolute atomic E-state index is 12.4. The quantitative estimate of drug-likeness (QED) is 0.813. The zero-order valence-corrected chi connectivity index (χ0v) is 11.9.